The van der Waals surface area contributed by atoms with Crippen LogP contribution in [0.4, 0.5) is 5.69 Å². The van der Waals surface area contributed by atoms with E-state index >= 15 is 0 Å². The maximum Gasteiger partial charge on any atom is 0.258 e. The molecule has 0 aliphatic heterocycles. The molecular formula is C19H16N6O3. The number of aromatic nitrogens is 5. The number of carbonyl (C=O) groups excluding carboxylic acids is 1. The number of hydrogen-bond donors (Lipinski definition) is 1. The van der Waals surface area contributed by atoms with Crippen LogP contribution in [0.2, 0.25) is 0 Å². The van der Waals surface area contributed by atoms with Crippen LogP contribution < -0.4 is 10.1 Å². The van der Waals surface area contributed by atoms with Crippen molar-refractivity contribution in [1.29, 1.82) is 0 Å². The molecule has 0 saturated heterocycles. The predicted molar refractivity (Wildman–Crippen MR) is 100 cm³/mol. The van der Waals surface area contributed by atoms with Crippen LogP contribution in [0.5, 0.6) is 5.75 Å². The third-order valence-corrected chi connectivity index (χ3v) is 3.92. The number of hydrogen-bond acceptors (Lipinski definition) is 7. The second-order valence-electron chi connectivity index (χ2n) is 5.84. The maximum absolute atomic E-state index is 12.3. The van der Waals surface area contributed by atoms with Crippen molar-refractivity contribution >= 4 is 11.6 Å². The summed E-state index contributed by atoms with van der Waals surface area (Å²) in [6, 6.07) is 10.8. The molecule has 4 rings (SSSR count). The summed E-state index contributed by atoms with van der Waals surface area (Å²) in [7, 11) is 1.55. The van der Waals surface area contributed by atoms with Gasteiger partial charge in [-0.2, -0.15) is 4.98 Å². The van der Waals surface area contributed by atoms with E-state index in [4.69, 9.17) is 9.26 Å². The monoisotopic (exact) mass is 376 g/mol. The van der Waals surface area contributed by atoms with E-state index in [0.29, 0.717) is 28.8 Å². The van der Waals surface area contributed by atoms with Crippen LogP contribution in [0.25, 0.3) is 23.0 Å². The number of nitrogens with zero attached hydrogens (tertiary/aromatic N) is 5. The summed E-state index contributed by atoms with van der Waals surface area (Å²) in [6.45, 7) is 0.0834. The van der Waals surface area contributed by atoms with Crippen LogP contribution in [-0.4, -0.2) is 37.7 Å². The average molecular weight is 376 g/mol. The first kappa shape index (κ1) is 17.4. The number of amides is 1. The van der Waals surface area contributed by atoms with Gasteiger partial charge in [-0.3, -0.25) is 9.78 Å². The Morgan fingerprint density at radius 3 is 2.86 bits per heavy atom. The van der Waals surface area contributed by atoms with Gasteiger partial charge < -0.3 is 19.1 Å². The van der Waals surface area contributed by atoms with Gasteiger partial charge in [0.2, 0.25) is 11.7 Å². The zero-order valence-electron chi connectivity index (χ0n) is 14.9. The van der Waals surface area contributed by atoms with Gasteiger partial charge in [-0.1, -0.05) is 17.3 Å². The van der Waals surface area contributed by atoms with Crippen molar-refractivity contribution in [3.05, 3.63) is 61.3 Å². The van der Waals surface area contributed by atoms with Crippen molar-refractivity contribution in [1.82, 2.24) is 24.7 Å². The molecule has 9 nitrogen and oxygen atoms in total. The highest BCUT2D eigenvalue weighted by Gasteiger charge is 2.14. The molecule has 3 aromatic heterocycles. The molecule has 28 heavy (non-hydrogen) atoms. The van der Waals surface area contributed by atoms with E-state index in [9.17, 15) is 4.79 Å². The molecule has 0 fully saturated rings. The van der Waals surface area contributed by atoms with Gasteiger partial charge in [-0.05, 0) is 24.3 Å². The molecule has 0 atom stereocenters. The Hall–Kier alpha value is -4.01. The highest BCUT2D eigenvalue weighted by molar-refractivity contribution is 5.92. The Labute approximate surface area is 160 Å². The minimum atomic E-state index is -0.209. The van der Waals surface area contributed by atoms with Crippen molar-refractivity contribution in [3.8, 4) is 28.7 Å². The van der Waals surface area contributed by atoms with Gasteiger partial charge in [0.15, 0.2) is 0 Å². The lowest BCUT2D eigenvalue weighted by Gasteiger charge is -2.09. The Morgan fingerprint density at radius 2 is 2.04 bits per heavy atom. The van der Waals surface area contributed by atoms with E-state index in [2.05, 4.69) is 25.4 Å². The number of para-hydroxylation sites is 2. The van der Waals surface area contributed by atoms with Crippen LogP contribution in [0, 0.1) is 0 Å². The fourth-order valence-corrected chi connectivity index (χ4v) is 2.60. The second kappa shape index (κ2) is 7.70. The van der Waals surface area contributed by atoms with Crippen LogP contribution in [0.3, 0.4) is 0 Å². The van der Waals surface area contributed by atoms with Crippen molar-refractivity contribution in [3.63, 3.8) is 0 Å². The summed E-state index contributed by atoms with van der Waals surface area (Å²) in [6.07, 6.45) is 6.52. The molecule has 1 aromatic carbocycles. The van der Waals surface area contributed by atoms with E-state index in [1.165, 1.54) is 0 Å². The molecule has 0 radical (unpaired) electrons. The van der Waals surface area contributed by atoms with Gasteiger partial charge in [0.05, 0.1) is 19.1 Å². The number of carbonyl (C=O) groups is 1. The molecule has 140 valence electrons. The van der Waals surface area contributed by atoms with Gasteiger partial charge in [-0.25, -0.2) is 4.98 Å². The van der Waals surface area contributed by atoms with E-state index in [1.807, 2.05) is 12.1 Å². The summed E-state index contributed by atoms with van der Waals surface area (Å²) < 4.78 is 12.1. The minimum Gasteiger partial charge on any atom is -0.495 e. The topological polar surface area (TPSA) is 108 Å². The summed E-state index contributed by atoms with van der Waals surface area (Å²) in [5.41, 5.74) is 1.88. The lowest BCUT2D eigenvalue weighted by Crippen LogP contribution is -2.18. The maximum atomic E-state index is 12.3. The highest BCUT2D eigenvalue weighted by Crippen LogP contribution is 2.23. The fraction of sp³-hybridized carbons (Fsp3) is 0.105. The van der Waals surface area contributed by atoms with Crippen LogP contribution in [0.15, 0.2) is 65.8 Å². The van der Waals surface area contributed by atoms with Crippen molar-refractivity contribution in [2.45, 2.75) is 6.54 Å². The molecule has 4 aromatic rings. The van der Waals surface area contributed by atoms with Gasteiger partial charge in [0, 0.05) is 24.2 Å². The Morgan fingerprint density at radius 1 is 1.21 bits per heavy atom. The molecule has 0 saturated carbocycles. The number of benzene rings is 1. The standard InChI is InChI=1S/C19H16N6O3/c1-27-16-5-3-2-4-14(16)22-17(26)11-25-10-15(21-12-25)18-23-19(28-24-18)13-6-8-20-9-7-13/h2-10,12H,11H2,1H3,(H,22,26). The third kappa shape index (κ3) is 3.73. The lowest BCUT2D eigenvalue weighted by molar-refractivity contribution is -0.116. The Kier molecular flexibility index (Phi) is 4.79. The average Bonchev–Trinajstić information content (AvgIpc) is 3.38. The first-order valence-electron chi connectivity index (χ1n) is 8.42. The number of anilines is 1. The highest BCUT2D eigenvalue weighted by atomic mass is 16.5. The predicted octanol–water partition coefficient (Wildman–Crippen LogP) is 2.64. The van der Waals surface area contributed by atoms with Gasteiger partial charge in [0.1, 0.15) is 18.0 Å². The van der Waals surface area contributed by atoms with Crippen LogP contribution in [-0.2, 0) is 11.3 Å². The smallest absolute Gasteiger partial charge is 0.258 e. The summed E-state index contributed by atoms with van der Waals surface area (Å²) >= 11 is 0. The second-order valence-corrected chi connectivity index (χ2v) is 5.84. The van der Waals surface area contributed by atoms with E-state index in [0.717, 1.165) is 5.56 Å². The van der Waals surface area contributed by atoms with Gasteiger partial charge in [0.25, 0.3) is 5.89 Å². The first-order valence-corrected chi connectivity index (χ1v) is 8.42. The number of rotatable bonds is 6. The molecule has 0 bridgehead atoms. The molecule has 1 N–H and O–H groups in total. The zero-order chi connectivity index (χ0) is 19.3. The van der Waals surface area contributed by atoms with Crippen molar-refractivity contribution in [2.24, 2.45) is 0 Å². The lowest BCUT2D eigenvalue weighted by atomic mass is 10.3. The Balaban J connectivity index is 1.45. The number of imidazole rings is 1. The molecule has 0 spiro atoms. The largest absolute Gasteiger partial charge is 0.495 e. The fourth-order valence-electron chi connectivity index (χ4n) is 2.60. The number of nitrogens with one attached hydrogen (secondary N) is 1. The summed E-state index contributed by atoms with van der Waals surface area (Å²) in [5, 5.41) is 6.76. The number of pyridine rings is 1. The first-order chi connectivity index (χ1) is 13.7. The van der Waals surface area contributed by atoms with Crippen molar-refractivity contribution in [2.75, 3.05) is 12.4 Å². The molecule has 0 aliphatic rings. The third-order valence-electron chi connectivity index (χ3n) is 3.92. The van der Waals surface area contributed by atoms with E-state index in [-0.39, 0.29) is 12.5 Å². The molecule has 3 heterocycles. The molecule has 9 heteroatoms. The zero-order valence-corrected chi connectivity index (χ0v) is 14.9. The van der Waals surface area contributed by atoms with E-state index < -0.39 is 0 Å². The molecule has 0 unspecified atom stereocenters. The Bertz CT molecular complexity index is 1090. The van der Waals surface area contributed by atoms with Gasteiger partial charge in [-0.15, -0.1) is 0 Å². The number of ether oxygens (including phenoxy) is 1. The summed E-state index contributed by atoms with van der Waals surface area (Å²) in [5.74, 6) is 1.10. The normalized spacial score (nSPS) is 10.6. The number of methoxy groups -OCH3 is 1. The summed E-state index contributed by atoms with van der Waals surface area (Å²) in [4.78, 5) is 24.9. The molecular weight excluding hydrogens is 360 g/mol. The van der Waals surface area contributed by atoms with Crippen LogP contribution in [0.1, 0.15) is 0 Å². The van der Waals surface area contributed by atoms with Gasteiger partial charge >= 0.3 is 0 Å². The minimum absolute atomic E-state index is 0.0834. The van der Waals surface area contributed by atoms with Crippen LogP contribution >= 0.6 is 0 Å². The quantitative estimate of drug-likeness (QED) is 0.551. The van der Waals surface area contributed by atoms with Crippen molar-refractivity contribution < 1.29 is 14.1 Å². The van der Waals surface area contributed by atoms with E-state index in [1.54, 1.807) is 60.9 Å². The molecule has 1 amide bonds. The molecule has 0 aliphatic carbocycles. The SMILES string of the molecule is COc1ccccc1NC(=O)Cn1cnc(-c2noc(-c3ccncc3)n2)c1.